The summed E-state index contributed by atoms with van der Waals surface area (Å²) in [7, 11) is -1.93. The second-order valence-electron chi connectivity index (χ2n) is 4.77. The SMILES string of the molecule is CCCNCc1ccc(Cl)c(S(=O)(=O)N(C)CCC)c1. The summed E-state index contributed by atoms with van der Waals surface area (Å²) in [4.78, 5) is 0.186. The third-order valence-corrected chi connectivity index (χ3v) is 5.32. The molecular formula is C14H23ClN2O2S. The van der Waals surface area contributed by atoms with Crippen LogP contribution < -0.4 is 5.32 Å². The Kier molecular flexibility index (Phi) is 6.95. The van der Waals surface area contributed by atoms with Crippen LogP contribution in [-0.4, -0.2) is 32.9 Å². The van der Waals surface area contributed by atoms with Gasteiger partial charge in [-0.05, 0) is 37.1 Å². The van der Waals surface area contributed by atoms with Crippen molar-refractivity contribution in [3.05, 3.63) is 28.8 Å². The highest BCUT2D eigenvalue weighted by atomic mass is 35.5. The largest absolute Gasteiger partial charge is 0.313 e. The molecule has 0 aromatic heterocycles. The second kappa shape index (κ2) is 7.98. The van der Waals surface area contributed by atoms with Crippen LogP contribution in [0.2, 0.25) is 5.02 Å². The Morgan fingerprint density at radius 1 is 1.25 bits per heavy atom. The van der Waals surface area contributed by atoms with E-state index < -0.39 is 10.0 Å². The van der Waals surface area contributed by atoms with E-state index in [0.717, 1.165) is 24.9 Å². The normalized spacial score (nSPS) is 12.1. The summed E-state index contributed by atoms with van der Waals surface area (Å²) in [6, 6.07) is 5.16. The van der Waals surface area contributed by atoms with Gasteiger partial charge in [0.25, 0.3) is 0 Å². The molecular weight excluding hydrogens is 296 g/mol. The van der Waals surface area contributed by atoms with Crippen LogP contribution in [0, 0.1) is 0 Å². The maximum absolute atomic E-state index is 12.4. The Hall–Kier alpha value is -0.620. The van der Waals surface area contributed by atoms with E-state index in [4.69, 9.17) is 11.6 Å². The average Bonchev–Trinajstić information content (AvgIpc) is 2.41. The van der Waals surface area contributed by atoms with Gasteiger partial charge in [0.2, 0.25) is 10.0 Å². The van der Waals surface area contributed by atoms with Crippen molar-refractivity contribution in [1.29, 1.82) is 0 Å². The van der Waals surface area contributed by atoms with Gasteiger partial charge in [0.1, 0.15) is 4.90 Å². The van der Waals surface area contributed by atoms with Gasteiger partial charge in [-0.3, -0.25) is 0 Å². The van der Waals surface area contributed by atoms with Crippen molar-refractivity contribution in [2.24, 2.45) is 0 Å². The van der Waals surface area contributed by atoms with Gasteiger partial charge < -0.3 is 5.32 Å². The first kappa shape index (κ1) is 17.4. The van der Waals surface area contributed by atoms with Crippen molar-refractivity contribution in [2.75, 3.05) is 20.1 Å². The lowest BCUT2D eigenvalue weighted by Crippen LogP contribution is -2.28. The number of hydrogen-bond donors (Lipinski definition) is 1. The standard InChI is InChI=1S/C14H23ClN2O2S/c1-4-8-16-11-12-6-7-13(15)14(10-12)20(18,19)17(3)9-5-2/h6-7,10,16H,4-5,8-9,11H2,1-3H3. The third-order valence-electron chi connectivity index (χ3n) is 2.98. The van der Waals surface area contributed by atoms with E-state index in [-0.39, 0.29) is 9.92 Å². The molecule has 1 rings (SSSR count). The molecule has 0 saturated heterocycles. The molecule has 0 heterocycles. The van der Waals surface area contributed by atoms with E-state index in [2.05, 4.69) is 12.2 Å². The summed E-state index contributed by atoms with van der Waals surface area (Å²) in [5, 5.41) is 3.52. The van der Waals surface area contributed by atoms with Gasteiger partial charge in [-0.25, -0.2) is 12.7 Å². The summed E-state index contributed by atoms with van der Waals surface area (Å²) in [6.07, 6.45) is 1.81. The molecule has 1 N–H and O–H groups in total. The van der Waals surface area contributed by atoms with Gasteiger partial charge in [0, 0.05) is 20.1 Å². The Balaban J connectivity index is 3.01. The molecule has 0 saturated carbocycles. The summed E-state index contributed by atoms with van der Waals surface area (Å²) < 4.78 is 26.2. The molecule has 0 spiro atoms. The maximum atomic E-state index is 12.4. The smallest absolute Gasteiger partial charge is 0.244 e. The monoisotopic (exact) mass is 318 g/mol. The first-order valence-electron chi connectivity index (χ1n) is 6.89. The van der Waals surface area contributed by atoms with Crippen LogP contribution in [0.5, 0.6) is 0 Å². The van der Waals surface area contributed by atoms with Crippen LogP contribution in [0.4, 0.5) is 0 Å². The topological polar surface area (TPSA) is 49.4 Å². The number of nitrogens with zero attached hydrogens (tertiary/aromatic N) is 1. The summed E-state index contributed by atoms with van der Waals surface area (Å²) >= 11 is 6.06. The summed E-state index contributed by atoms with van der Waals surface area (Å²) in [6.45, 7) is 6.06. The lowest BCUT2D eigenvalue weighted by Gasteiger charge is -2.18. The van der Waals surface area contributed by atoms with E-state index in [1.807, 2.05) is 13.0 Å². The first-order chi connectivity index (χ1) is 9.43. The van der Waals surface area contributed by atoms with Crippen molar-refractivity contribution in [2.45, 2.75) is 38.1 Å². The van der Waals surface area contributed by atoms with Gasteiger partial charge >= 0.3 is 0 Å². The molecule has 20 heavy (non-hydrogen) atoms. The average molecular weight is 319 g/mol. The van der Waals surface area contributed by atoms with Crippen molar-refractivity contribution in [1.82, 2.24) is 9.62 Å². The van der Waals surface area contributed by atoms with Crippen molar-refractivity contribution >= 4 is 21.6 Å². The van der Waals surface area contributed by atoms with Crippen LogP contribution >= 0.6 is 11.6 Å². The minimum absolute atomic E-state index is 0.186. The highest BCUT2D eigenvalue weighted by molar-refractivity contribution is 7.89. The lowest BCUT2D eigenvalue weighted by molar-refractivity contribution is 0.468. The Morgan fingerprint density at radius 2 is 1.95 bits per heavy atom. The summed E-state index contributed by atoms with van der Waals surface area (Å²) in [5.74, 6) is 0. The van der Waals surface area contributed by atoms with E-state index in [1.54, 1.807) is 19.2 Å². The zero-order valence-corrected chi connectivity index (χ0v) is 13.9. The Bertz CT molecular complexity index is 532. The quantitative estimate of drug-likeness (QED) is 0.750. The van der Waals surface area contributed by atoms with Gasteiger partial charge in [-0.2, -0.15) is 0 Å². The summed E-state index contributed by atoms with van der Waals surface area (Å²) in [5.41, 5.74) is 0.923. The van der Waals surface area contributed by atoms with E-state index in [1.165, 1.54) is 4.31 Å². The first-order valence-corrected chi connectivity index (χ1v) is 8.70. The highest BCUT2D eigenvalue weighted by Gasteiger charge is 2.23. The molecule has 114 valence electrons. The molecule has 0 aliphatic carbocycles. The van der Waals surface area contributed by atoms with Crippen molar-refractivity contribution in [3.8, 4) is 0 Å². The fourth-order valence-corrected chi connectivity index (χ4v) is 3.65. The molecule has 0 unspecified atom stereocenters. The van der Waals surface area contributed by atoms with Gasteiger partial charge in [-0.15, -0.1) is 0 Å². The van der Waals surface area contributed by atoms with Crippen LogP contribution in [0.15, 0.2) is 23.1 Å². The minimum atomic E-state index is -3.51. The van der Waals surface area contributed by atoms with Crippen molar-refractivity contribution < 1.29 is 8.42 Å². The van der Waals surface area contributed by atoms with Crippen molar-refractivity contribution in [3.63, 3.8) is 0 Å². The van der Waals surface area contributed by atoms with Crippen LogP contribution in [0.1, 0.15) is 32.3 Å². The fraction of sp³-hybridized carbons (Fsp3) is 0.571. The zero-order valence-electron chi connectivity index (χ0n) is 12.3. The Morgan fingerprint density at radius 3 is 2.55 bits per heavy atom. The number of benzene rings is 1. The predicted octanol–water partition coefficient (Wildman–Crippen LogP) is 2.87. The zero-order chi connectivity index (χ0) is 15.2. The van der Waals surface area contributed by atoms with E-state index in [9.17, 15) is 8.42 Å². The van der Waals surface area contributed by atoms with E-state index >= 15 is 0 Å². The maximum Gasteiger partial charge on any atom is 0.244 e. The number of nitrogens with one attached hydrogen (secondary N) is 1. The molecule has 0 atom stereocenters. The highest BCUT2D eigenvalue weighted by Crippen LogP contribution is 2.25. The van der Waals surface area contributed by atoms with Gasteiger partial charge in [0.15, 0.2) is 0 Å². The molecule has 0 fully saturated rings. The van der Waals surface area contributed by atoms with E-state index in [0.29, 0.717) is 13.1 Å². The molecule has 6 heteroatoms. The molecule has 1 aromatic rings. The number of rotatable bonds is 8. The molecule has 0 radical (unpaired) electrons. The predicted molar refractivity (Wildman–Crippen MR) is 83.6 cm³/mol. The van der Waals surface area contributed by atoms with Crippen LogP contribution in [0.3, 0.4) is 0 Å². The fourth-order valence-electron chi connectivity index (χ4n) is 1.87. The number of halogens is 1. The number of sulfonamides is 1. The van der Waals surface area contributed by atoms with Crippen LogP contribution in [0.25, 0.3) is 0 Å². The minimum Gasteiger partial charge on any atom is -0.313 e. The molecule has 0 aliphatic rings. The second-order valence-corrected chi connectivity index (χ2v) is 7.19. The number of hydrogen-bond acceptors (Lipinski definition) is 3. The van der Waals surface area contributed by atoms with Gasteiger partial charge in [-0.1, -0.05) is 31.5 Å². The Labute approximate surface area is 127 Å². The van der Waals surface area contributed by atoms with Gasteiger partial charge in [0.05, 0.1) is 5.02 Å². The third kappa shape index (κ3) is 4.45. The molecule has 0 aliphatic heterocycles. The molecule has 0 bridgehead atoms. The lowest BCUT2D eigenvalue weighted by atomic mass is 10.2. The molecule has 1 aromatic carbocycles. The van der Waals surface area contributed by atoms with Crippen LogP contribution in [-0.2, 0) is 16.6 Å². The molecule has 0 amide bonds. The molecule has 4 nitrogen and oxygen atoms in total.